The number of fused-ring (bicyclic) bond motifs is 1. The Labute approximate surface area is 132 Å². The van der Waals surface area contributed by atoms with Gasteiger partial charge in [0.05, 0.1) is 12.6 Å². The van der Waals surface area contributed by atoms with Gasteiger partial charge < -0.3 is 14.7 Å². The molecule has 0 saturated carbocycles. The van der Waals surface area contributed by atoms with Gasteiger partial charge >= 0.3 is 0 Å². The first-order valence-electron chi connectivity index (χ1n) is 8.36. The lowest BCUT2D eigenvalue weighted by Crippen LogP contribution is -3.17. The van der Waals surface area contributed by atoms with E-state index in [9.17, 15) is 5.11 Å². The predicted octanol–water partition coefficient (Wildman–Crippen LogP) is 2.04. The zero-order valence-electron chi connectivity index (χ0n) is 13.3. The van der Waals surface area contributed by atoms with Crippen LogP contribution in [0.25, 0.3) is 10.8 Å². The van der Waals surface area contributed by atoms with Crippen LogP contribution in [0.1, 0.15) is 26.2 Å². The minimum atomic E-state index is -0.401. The molecular weight excluding hydrogens is 274 g/mol. The summed E-state index contributed by atoms with van der Waals surface area (Å²) >= 11 is 0. The van der Waals surface area contributed by atoms with Crippen LogP contribution in [0.3, 0.4) is 0 Å². The topological polar surface area (TPSA) is 33.9 Å². The summed E-state index contributed by atoms with van der Waals surface area (Å²) in [6, 6.07) is 15.0. The number of nitrogens with one attached hydrogen (secondary N) is 1. The van der Waals surface area contributed by atoms with Crippen LogP contribution in [0.5, 0.6) is 5.75 Å². The molecule has 1 fully saturated rings. The summed E-state index contributed by atoms with van der Waals surface area (Å²) < 4.78 is 5.79. The first-order chi connectivity index (χ1) is 10.7. The van der Waals surface area contributed by atoms with Gasteiger partial charge in [-0.15, -0.1) is 0 Å². The molecule has 1 aliphatic heterocycles. The van der Waals surface area contributed by atoms with Crippen molar-refractivity contribution >= 4 is 10.8 Å². The zero-order valence-corrected chi connectivity index (χ0v) is 13.3. The van der Waals surface area contributed by atoms with Crippen molar-refractivity contribution in [3.63, 3.8) is 0 Å². The summed E-state index contributed by atoms with van der Waals surface area (Å²) in [7, 11) is 0. The Balaban J connectivity index is 1.54. The highest BCUT2D eigenvalue weighted by Crippen LogP contribution is 2.20. The van der Waals surface area contributed by atoms with E-state index in [0.717, 1.165) is 12.3 Å². The van der Waals surface area contributed by atoms with Gasteiger partial charge in [0.25, 0.3) is 0 Å². The van der Waals surface area contributed by atoms with Crippen molar-refractivity contribution in [2.75, 3.05) is 19.7 Å². The molecule has 0 amide bonds. The summed E-state index contributed by atoms with van der Waals surface area (Å²) in [5.74, 6) is 0.833. The first-order valence-corrected chi connectivity index (χ1v) is 8.36. The van der Waals surface area contributed by atoms with Crippen LogP contribution in [-0.2, 0) is 0 Å². The molecule has 1 unspecified atom stereocenters. The number of aliphatic hydroxyl groups excluding tert-OH is 1. The van der Waals surface area contributed by atoms with Gasteiger partial charge in [-0.05, 0) is 49.1 Å². The van der Waals surface area contributed by atoms with E-state index >= 15 is 0 Å². The minimum absolute atomic E-state index is 0.370. The van der Waals surface area contributed by atoms with Crippen molar-refractivity contribution in [1.29, 1.82) is 0 Å². The number of quaternary nitrogens is 1. The summed E-state index contributed by atoms with van der Waals surface area (Å²) in [5.41, 5.74) is 0. The van der Waals surface area contributed by atoms with Crippen LogP contribution in [0.2, 0.25) is 0 Å². The van der Waals surface area contributed by atoms with E-state index in [2.05, 4.69) is 25.1 Å². The van der Waals surface area contributed by atoms with Crippen molar-refractivity contribution in [1.82, 2.24) is 0 Å². The molecule has 0 aliphatic carbocycles. The monoisotopic (exact) mass is 300 g/mol. The van der Waals surface area contributed by atoms with E-state index in [1.807, 2.05) is 24.3 Å². The Hall–Kier alpha value is -1.58. The van der Waals surface area contributed by atoms with E-state index in [1.165, 1.54) is 41.5 Å². The van der Waals surface area contributed by atoms with Crippen LogP contribution in [0, 0.1) is 0 Å². The van der Waals surface area contributed by atoms with Crippen molar-refractivity contribution in [3.8, 4) is 5.75 Å². The fourth-order valence-corrected chi connectivity index (χ4v) is 3.37. The second-order valence-electron chi connectivity index (χ2n) is 6.48. The SMILES string of the molecule is C[C@H]1CCCC[NH+]1C[C@H](O)COc1ccc2ccccc2c1. The molecule has 3 atom stereocenters. The summed E-state index contributed by atoms with van der Waals surface area (Å²) in [4.78, 5) is 1.51. The first kappa shape index (κ1) is 15.3. The third kappa shape index (κ3) is 3.79. The van der Waals surface area contributed by atoms with Crippen LogP contribution < -0.4 is 9.64 Å². The molecular formula is C19H26NO2+. The van der Waals surface area contributed by atoms with Crippen molar-refractivity contribution < 1.29 is 14.7 Å². The van der Waals surface area contributed by atoms with Crippen molar-refractivity contribution in [2.24, 2.45) is 0 Å². The number of ether oxygens (including phenoxy) is 1. The Bertz CT molecular complexity index is 613. The average molecular weight is 300 g/mol. The van der Waals surface area contributed by atoms with E-state index in [4.69, 9.17) is 4.74 Å². The van der Waals surface area contributed by atoms with Crippen LogP contribution in [0.15, 0.2) is 42.5 Å². The van der Waals surface area contributed by atoms with E-state index in [1.54, 1.807) is 0 Å². The number of aliphatic hydroxyl groups is 1. The number of hydrogen-bond acceptors (Lipinski definition) is 2. The molecule has 1 aliphatic rings. The molecule has 2 aromatic carbocycles. The summed E-state index contributed by atoms with van der Waals surface area (Å²) in [6.45, 7) is 4.61. The van der Waals surface area contributed by atoms with E-state index in [0.29, 0.717) is 12.6 Å². The maximum Gasteiger partial charge on any atom is 0.137 e. The molecule has 3 heteroatoms. The van der Waals surface area contributed by atoms with Gasteiger partial charge in [0.2, 0.25) is 0 Å². The molecule has 2 aromatic rings. The lowest BCUT2D eigenvalue weighted by Gasteiger charge is -2.31. The summed E-state index contributed by atoms with van der Waals surface area (Å²) in [5, 5.41) is 12.6. The Morgan fingerprint density at radius 3 is 2.82 bits per heavy atom. The largest absolute Gasteiger partial charge is 0.491 e. The highest BCUT2D eigenvalue weighted by Gasteiger charge is 2.24. The molecule has 3 rings (SSSR count). The van der Waals surface area contributed by atoms with Gasteiger partial charge in [0.1, 0.15) is 25.0 Å². The molecule has 0 aromatic heterocycles. The third-order valence-electron chi connectivity index (χ3n) is 4.74. The Morgan fingerprint density at radius 2 is 2.00 bits per heavy atom. The zero-order chi connectivity index (χ0) is 15.4. The maximum absolute atomic E-state index is 10.2. The maximum atomic E-state index is 10.2. The summed E-state index contributed by atoms with van der Waals surface area (Å²) in [6.07, 6.45) is 3.47. The van der Waals surface area contributed by atoms with Gasteiger partial charge in [-0.3, -0.25) is 0 Å². The third-order valence-corrected chi connectivity index (χ3v) is 4.74. The number of benzene rings is 2. The van der Waals surface area contributed by atoms with E-state index in [-0.39, 0.29) is 0 Å². The van der Waals surface area contributed by atoms with Crippen LogP contribution >= 0.6 is 0 Å². The molecule has 0 radical (unpaired) electrons. The molecule has 0 bridgehead atoms. The van der Waals surface area contributed by atoms with Crippen molar-refractivity contribution in [2.45, 2.75) is 38.3 Å². The van der Waals surface area contributed by atoms with Gasteiger partial charge in [0.15, 0.2) is 0 Å². The standard InChI is InChI=1S/C19H25NO2/c1-15-6-4-5-11-20(15)13-18(21)14-22-19-10-9-16-7-2-3-8-17(16)12-19/h2-3,7-10,12,15,18,21H,4-6,11,13-14H2,1H3/p+1/t15-,18-/m0/s1. The van der Waals surface area contributed by atoms with Gasteiger partial charge in [-0.1, -0.05) is 30.3 Å². The number of rotatable bonds is 5. The lowest BCUT2D eigenvalue weighted by molar-refractivity contribution is -0.931. The van der Waals surface area contributed by atoms with Crippen LogP contribution in [-0.4, -0.2) is 36.9 Å². The molecule has 1 saturated heterocycles. The molecule has 2 N–H and O–H groups in total. The number of likely N-dealkylation sites (tertiary alicyclic amines) is 1. The number of hydrogen-bond donors (Lipinski definition) is 2. The van der Waals surface area contributed by atoms with Gasteiger partial charge in [-0.2, -0.15) is 0 Å². The molecule has 118 valence electrons. The molecule has 3 nitrogen and oxygen atoms in total. The van der Waals surface area contributed by atoms with Crippen LogP contribution in [0.4, 0.5) is 0 Å². The van der Waals surface area contributed by atoms with Crippen molar-refractivity contribution in [3.05, 3.63) is 42.5 Å². The second-order valence-corrected chi connectivity index (χ2v) is 6.48. The van der Waals surface area contributed by atoms with Gasteiger partial charge in [0, 0.05) is 0 Å². The highest BCUT2D eigenvalue weighted by molar-refractivity contribution is 5.83. The quantitative estimate of drug-likeness (QED) is 0.886. The normalized spacial score (nSPS) is 23.4. The average Bonchev–Trinajstić information content (AvgIpc) is 2.55. The predicted molar refractivity (Wildman–Crippen MR) is 89.5 cm³/mol. The Morgan fingerprint density at radius 1 is 1.18 bits per heavy atom. The smallest absolute Gasteiger partial charge is 0.137 e. The molecule has 1 heterocycles. The van der Waals surface area contributed by atoms with E-state index < -0.39 is 6.10 Å². The highest BCUT2D eigenvalue weighted by atomic mass is 16.5. The fourth-order valence-electron chi connectivity index (χ4n) is 3.37. The minimum Gasteiger partial charge on any atom is -0.491 e. The molecule has 22 heavy (non-hydrogen) atoms. The Kier molecular flexibility index (Phi) is 4.96. The second kappa shape index (κ2) is 7.12. The lowest BCUT2D eigenvalue weighted by atomic mass is 10.0. The molecule has 0 spiro atoms. The number of piperidine rings is 1. The van der Waals surface area contributed by atoms with Gasteiger partial charge in [-0.25, -0.2) is 0 Å². The fraction of sp³-hybridized carbons (Fsp3) is 0.474.